The minimum atomic E-state index is -1.93. The van der Waals surface area contributed by atoms with E-state index in [1.54, 1.807) is 54.6 Å². The summed E-state index contributed by atoms with van der Waals surface area (Å²) < 4.78 is 0. The lowest BCUT2D eigenvalue weighted by Crippen LogP contribution is -2.62. The molecule has 10 atom stereocenters. The lowest BCUT2D eigenvalue weighted by atomic mass is 9.95. The van der Waals surface area contributed by atoms with Crippen molar-refractivity contribution in [3.8, 4) is 0 Å². The minimum Gasteiger partial charge on any atom is -0.393 e. The number of para-hydroxylation sites is 1. The highest BCUT2D eigenvalue weighted by molar-refractivity contribution is 7.99. The predicted octanol–water partition coefficient (Wildman–Crippen LogP) is -2.52. The van der Waals surface area contributed by atoms with Crippen LogP contribution >= 0.6 is 11.8 Å². The molecule has 3 aromatic rings. The molecule has 11 N–H and O–H groups in total. The third-order valence-corrected chi connectivity index (χ3v) is 12.2. The summed E-state index contributed by atoms with van der Waals surface area (Å²) in [6, 6.07) is 5.45. The van der Waals surface area contributed by atoms with Gasteiger partial charge in [0, 0.05) is 48.9 Å². The lowest BCUT2D eigenvalue weighted by Gasteiger charge is -2.31. The number of hydrogen-bond donors (Lipinski definition) is 11. The maximum absolute atomic E-state index is 14.5. The molecule has 61 heavy (non-hydrogen) atoms. The van der Waals surface area contributed by atoms with Gasteiger partial charge in [-0.05, 0) is 38.0 Å². The molecule has 1 saturated heterocycles. The third kappa shape index (κ3) is 10.7. The number of amides is 7. The summed E-state index contributed by atoms with van der Waals surface area (Å²) >= 11 is 1.09. The zero-order valence-corrected chi connectivity index (χ0v) is 34.7. The van der Waals surface area contributed by atoms with Crippen LogP contribution in [0.5, 0.6) is 0 Å². The number of carbonyl (C=O) groups is 7. The molecule has 328 valence electrons. The summed E-state index contributed by atoms with van der Waals surface area (Å²) in [6.45, 7) is 2.75. The Morgan fingerprint density at radius 2 is 1.46 bits per heavy atom. The molecule has 7 amide bonds. The van der Waals surface area contributed by atoms with E-state index in [0.29, 0.717) is 27.1 Å². The lowest BCUT2D eigenvalue weighted by molar-refractivity contribution is -0.142. The number of aromatic nitrogens is 1. The number of hydrogen-bond acceptors (Lipinski definition) is 12. The molecule has 3 aliphatic rings. The van der Waals surface area contributed by atoms with Crippen molar-refractivity contribution in [2.45, 2.75) is 112 Å². The molecule has 1 unspecified atom stereocenters. The highest BCUT2D eigenvalue weighted by Gasteiger charge is 2.44. The number of carbonyl (C=O) groups excluding carboxylic acids is 7. The Kier molecular flexibility index (Phi) is 14.0. The molecular weight excluding hydrogens is 813 g/mol. The van der Waals surface area contributed by atoms with Crippen LogP contribution in [0.2, 0.25) is 0 Å². The average molecular weight is 865 g/mol. The van der Waals surface area contributed by atoms with E-state index < -0.39 is 114 Å². The molecule has 19 nitrogen and oxygen atoms in total. The van der Waals surface area contributed by atoms with Crippen molar-refractivity contribution in [3.05, 3.63) is 65.7 Å². The molecule has 20 heteroatoms. The van der Waals surface area contributed by atoms with Gasteiger partial charge >= 0.3 is 0 Å². The quantitative estimate of drug-likeness (QED) is 0.123. The van der Waals surface area contributed by atoms with Crippen molar-refractivity contribution >= 4 is 64.0 Å². The molecule has 0 aliphatic carbocycles. The van der Waals surface area contributed by atoms with Gasteiger partial charge in [-0.3, -0.25) is 33.6 Å². The first-order chi connectivity index (χ1) is 28.9. The fourth-order valence-electron chi connectivity index (χ4n) is 7.67. The van der Waals surface area contributed by atoms with Crippen molar-refractivity contribution in [2.75, 3.05) is 18.9 Å². The van der Waals surface area contributed by atoms with E-state index in [9.17, 15) is 54.0 Å². The third-order valence-electron chi connectivity index (χ3n) is 11.0. The van der Waals surface area contributed by atoms with E-state index in [0.717, 1.165) is 16.7 Å². The van der Waals surface area contributed by atoms with Crippen molar-refractivity contribution in [1.82, 2.24) is 41.8 Å². The molecule has 0 spiro atoms. The molecule has 3 aliphatic heterocycles. The average Bonchev–Trinajstić information content (AvgIpc) is 3.79. The number of aromatic amines is 1. The summed E-state index contributed by atoms with van der Waals surface area (Å²) in [6.07, 6.45) is -3.76. The Labute approximate surface area is 355 Å². The summed E-state index contributed by atoms with van der Waals surface area (Å²) in [7, 11) is 0. The Morgan fingerprint density at radius 1 is 0.803 bits per heavy atom. The first-order valence-corrected chi connectivity index (χ1v) is 21.0. The second-order valence-electron chi connectivity index (χ2n) is 16.1. The van der Waals surface area contributed by atoms with E-state index in [4.69, 9.17) is 0 Å². The van der Waals surface area contributed by atoms with Gasteiger partial charge in [0.2, 0.25) is 41.4 Å². The van der Waals surface area contributed by atoms with Gasteiger partial charge < -0.3 is 62.2 Å². The van der Waals surface area contributed by atoms with Crippen molar-refractivity contribution in [3.63, 3.8) is 0 Å². The predicted molar refractivity (Wildman–Crippen MR) is 220 cm³/mol. The molecule has 1 aromatic heterocycles. The summed E-state index contributed by atoms with van der Waals surface area (Å²) in [5.41, 5.74) is -0.207. The normalized spacial score (nSPS) is 28.8. The van der Waals surface area contributed by atoms with Crippen molar-refractivity contribution < 1.29 is 54.0 Å². The highest BCUT2D eigenvalue weighted by Crippen LogP contribution is 2.32. The number of nitrogens with one attached hydrogen (secondary N) is 7. The molecule has 2 aromatic carbocycles. The number of H-pyrrole nitrogens is 1. The molecule has 0 radical (unpaired) electrons. The molecular formula is C41H52N8O11S. The van der Waals surface area contributed by atoms with Crippen LogP contribution in [0.4, 0.5) is 0 Å². The maximum Gasteiger partial charge on any atom is 0.246 e. The Morgan fingerprint density at radius 3 is 2.16 bits per heavy atom. The number of fused-ring (bicyclic) bond motifs is 5. The van der Waals surface area contributed by atoms with Gasteiger partial charge in [0.15, 0.2) is 0 Å². The molecule has 6 rings (SSSR count). The van der Waals surface area contributed by atoms with Crippen LogP contribution in [0.15, 0.2) is 59.6 Å². The largest absolute Gasteiger partial charge is 0.393 e. The first kappa shape index (κ1) is 45.0. The van der Waals surface area contributed by atoms with E-state index in [1.165, 1.54) is 20.8 Å². The van der Waals surface area contributed by atoms with E-state index in [1.807, 2.05) is 0 Å². The van der Waals surface area contributed by atoms with Crippen molar-refractivity contribution in [2.24, 2.45) is 0 Å². The molecule has 4 heterocycles. The molecule has 0 saturated carbocycles. The van der Waals surface area contributed by atoms with Crippen LogP contribution in [0.1, 0.15) is 44.7 Å². The second-order valence-corrected chi connectivity index (χ2v) is 17.2. The maximum atomic E-state index is 14.5. The standard InChI is InChI=1S/C41H52N8O11S/c1-20-33(53)43-28-15-25-24-11-7-8-12-26(24)47-39(25)61-18-30(40(59)49-17-23(52)14-31(49)37(57)42-20)46-38(58)32(21(2)51)48-35(55)27(13-22-9-5-4-6-10-22)44-36(56)29(45-34(28)54)16-41(3,60)19-50/h4-12,20-21,23,27-32,47,50-52,60H,13-19H2,1-3H3,(H,42,57)(H,43,53)(H,44,56)(H,45,54)(H,46,58)(H,48,55)/t20-,21-,23-,27-,28?,29-,30-,31-,32+,41+/m0/s1. The monoisotopic (exact) mass is 864 g/mol. The van der Waals surface area contributed by atoms with Crippen LogP contribution in [0.25, 0.3) is 10.9 Å². The van der Waals surface area contributed by atoms with Gasteiger partial charge in [-0.15, -0.1) is 11.8 Å². The minimum absolute atomic E-state index is 0.138. The highest BCUT2D eigenvalue weighted by atomic mass is 32.2. The van der Waals surface area contributed by atoms with Gasteiger partial charge in [0.1, 0.15) is 42.3 Å². The Balaban J connectivity index is 1.52. The van der Waals surface area contributed by atoms with E-state index in [-0.39, 0.29) is 31.6 Å². The zero-order valence-electron chi connectivity index (χ0n) is 33.8. The number of rotatable bonds is 6. The van der Waals surface area contributed by atoms with Crippen LogP contribution in [-0.2, 0) is 46.4 Å². The smallest absolute Gasteiger partial charge is 0.246 e. The number of benzene rings is 2. The summed E-state index contributed by atoms with van der Waals surface area (Å²) in [5, 5.41) is 59.4. The molecule has 1 fully saturated rings. The van der Waals surface area contributed by atoms with Crippen LogP contribution in [-0.4, -0.2) is 151 Å². The van der Waals surface area contributed by atoms with Crippen molar-refractivity contribution in [1.29, 1.82) is 0 Å². The topological polar surface area (TPSA) is 292 Å². The zero-order chi connectivity index (χ0) is 44.2. The van der Waals surface area contributed by atoms with Gasteiger partial charge in [-0.25, -0.2) is 0 Å². The van der Waals surface area contributed by atoms with Gasteiger partial charge in [0.05, 0.1) is 29.4 Å². The number of aliphatic hydroxyl groups is 4. The number of nitrogens with zero attached hydrogens (tertiary/aromatic N) is 1. The second kappa shape index (κ2) is 19.0. The van der Waals surface area contributed by atoms with Crippen LogP contribution < -0.4 is 31.9 Å². The molecule has 2 bridgehead atoms. The van der Waals surface area contributed by atoms with E-state index >= 15 is 0 Å². The van der Waals surface area contributed by atoms with Gasteiger partial charge in [-0.2, -0.15) is 0 Å². The first-order valence-electron chi connectivity index (χ1n) is 20.0. The SMILES string of the molecule is C[C@@H]1NC(=O)[C@@H]2C[C@H](O)CN2C(=O)[C@@H]2CSc3[nH]c4ccccc4c3CC(NC1=O)C(=O)N[C@@H](C[C@@](C)(O)CO)C(=O)N[C@@H](Cc1ccccc1)C(=O)N[C@H]([C@H](C)O)C(=O)N2. The summed E-state index contributed by atoms with van der Waals surface area (Å²) in [5.74, 6) is -6.30. The fourth-order valence-corrected chi connectivity index (χ4v) is 8.78. The number of aliphatic hydroxyl groups excluding tert-OH is 3. The van der Waals surface area contributed by atoms with Gasteiger partial charge in [-0.1, -0.05) is 48.5 Å². The summed E-state index contributed by atoms with van der Waals surface area (Å²) in [4.78, 5) is 104. The van der Waals surface area contributed by atoms with Crippen LogP contribution in [0, 0.1) is 0 Å². The Bertz CT molecular complexity index is 2150. The number of thioether (sulfide) groups is 1. The van der Waals surface area contributed by atoms with Gasteiger partial charge in [0.25, 0.3) is 0 Å². The van der Waals surface area contributed by atoms with E-state index in [2.05, 4.69) is 36.9 Å². The van der Waals surface area contributed by atoms with Crippen LogP contribution in [0.3, 0.4) is 0 Å². The Hall–Kier alpha value is -5.54. The fraction of sp³-hybridized carbons (Fsp3) is 0.488.